The summed E-state index contributed by atoms with van der Waals surface area (Å²) in [4.78, 5) is 2.02. The second-order valence-electron chi connectivity index (χ2n) is 3.39. The number of allylic oxidation sites excluding steroid dienone is 1. The number of para-hydroxylation sites is 1. The molecule has 80 valence electrons. The highest BCUT2D eigenvalue weighted by Gasteiger charge is 2.21. The second kappa shape index (κ2) is 4.03. The maximum atomic E-state index is 5.92. The number of hydrogen-bond acceptors (Lipinski definition) is 3. The maximum absolute atomic E-state index is 5.92. The molecule has 0 bridgehead atoms. The molecule has 4 heteroatoms. The first kappa shape index (κ1) is 10.2. The first-order valence-corrected chi connectivity index (χ1v) is 5.30. The van der Waals surface area contributed by atoms with Crippen molar-refractivity contribution in [3.05, 3.63) is 30.5 Å². The molecule has 0 aromatic heterocycles. The molecule has 1 heterocycles. The van der Waals surface area contributed by atoms with Crippen LogP contribution in [-0.2, 0) is 0 Å². The van der Waals surface area contributed by atoms with Crippen LogP contribution in [0.15, 0.2) is 30.5 Å². The van der Waals surface area contributed by atoms with Gasteiger partial charge >= 0.3 is 0 Å². The molecule has 0 saturated carbocycles. The molecule has 0 aliphatic carbocycles. The lowest BCUT2D eigenvalue weighted by molar-refractivity contribution is 0.312. The number of alkyl halides is 1. The van der Waals surface area contributed by atoms with Crippen molar-refractivity contribution >= 4 is 23.0 Å². The molecule has 0 fully saturated rings. The minimum absolute atomic E-state index is 0.397. The van der Waals surface area contributed by atoms with E-state index in [-0.39, 0.29) is 0 Å². The van der Waals surface area contributed by atoms with Crippen LogP contribution in [0.25, 0.3) is 0 Å². The van der Waals surface area contributed by atoms with E-state index in [9.17, 15) is 0 Å². The number of fused-ring (bicyclic) bond motifs is 1. The Morgan fingerprint density at radius 3 is 3.13 bits per heavy atom. The molecule has 1 aromatic carbocycles. The summed E-state index contributed by atoms with van der Waals surface area (Å²) in [6, 6.07) is 5.63. The van der Waals surface area contributed by atoms with Gasteiger partial charge in [-0.3, -0.25) is 0 Å². The van der Waals surface area contributed by atoms with Crippen LogP contribution >= 0.6 is 11.6 Å². The third-order valence-corrected chi connectivity index (χ3v) is 2.72. The van der Waals surface area contributed by atoms with Gasteiger partial charge in [0.2, 0.25) is 0 Å². The fraction of sp³-hybridized carbons (Fsp3) is 0.273. The van der Waals surface area contributed by atoms with Gasteiger partial charge in [-0.2, -0.15) is 0 Å². The Balaban J connectivity index is 2.45. The topological polar surface area (TPSA) is 38.5 Å². The minimum Gasteiger partial charge on any atom is -0.489 e. The smallest absolute Gasteiger partial charge is 0.145 e. The van der Waals surface area contributed by atoms with Gasteiger partial charge in [-0.15, -0.1) is 11.6 Å². The van der Waals surface area contributed by atoms with E-state index in [1.165, 1.54) is 0 Å². The van der Waals surface area contributed by atoms with Gasteiger partial charge in [0.25, 0.3) is 0 Å². The Labute approximate surface area is 94.1 Å². The number of anilines is 2. The molecule has 0 spiro atoms. The molecule has 0 unspecified atom stereocenters. The van der Waals surface area contributed by atoms with Crippen LogP contribution in [0.3, 0.4) is 0 Å². The number of hydrogen-bond donors (Lipinski definition) is 1. The zero-order chi connectivity index (χ0) is 10.8. The molecule has 0 radical (unpaired) electrons. The fourth-order valence-corrected chi connectivity index (χ4v) is 1.84. The molecule has 0 amide bonds. The lowest BCUT2D eigenvalue weighted by Crippen LogP contribution is -2.32. The highest BCUT2D eigenvalue weighted by molar-refractivity contribution is 6.19. The summed E-state index contributed by atoms with van der Waals surface area (Å²) in [6.07, 6.45) is 0. The van der Waals surface area contributed by atoms with E-state index in [1.54, 1.807) is 0 Å². The first-order valence-electron chi connectivity index (χ1n) is 4.76. The molecule has 3 nitrogen and oxygen atoms in total. The second-order valence-corrected chi connectivity index (χ2v) is 3.66. The average molecular weight is 225 g/mol. The van der Waals surface area contributed by atoms with Crippen molar-refractivity contribution in [1.82, 2.24) is 0 Å². The van der Waals surface area contributed by atoms with Crippen LogP contribution in [0.4, 0.5) is 11.4 Å². The molecule has 2 N–H and O–H groups in total. The van der Waals surface area contributed by atoms with Crippen LogP contribution in [0.2, 0.25) is 0 Å². The van der Waals surface area contributed by atoms with E-state index in [0.29, 0.717) is 18.2 Å². The van der Waals surface area contributed by atoms with Crippen molar-refractivity contribution in [2.45, 2.75) is 0 Å². The van der Waals surface area contributed by atoms with Crippen LogP contribution < -0.4 is 15.4 Å². The van der Waals surface area contributed by atoms with Gasteiger partial charge in [0.1, 0.15) is 18.0 Å². The molecular weight excluding hydrogens is 212 g/mol. The number of nitrogens with zero attached hydrogens (tertiary/aromatic N) is 1. The molecule has 1 aliphatic rings. The van der Waals surface area contributed by atoms with E-state index < -0.39 is 0 Å². The summed E-state index contributed by atoms with van der Waals surface area (Å²) in [5.74, 6) is 1.20. The van der Waals surface area contributed by atoms with E-state index in [1.807, 2.05) is 23.1 Å². The van der Waals surface area contributed by atoms with Crippen LogP contribution in [0.5, 0.6) is 5.75 Å². The third-order valence-electron chi connectivity index (χ3n) is 2.41. The molecule has 0 saturated heterocycles. The lowest BCUT2D eigenvalue weighted by Gasteiger charge is -2.32. The van der Waals surface area contributed by atoms with Crippen molar-refractivity contribution in [3.63, 3.8) is 0 Å². The van der Waals surface area contributed by atoms with E-state index in [2.05, 4.69) is 6.58 Å². The highest BCUT2D eigenvalue weighted by Crippen LogP contribution is 2.38. The summed E-state index contributed by atoms with van der Waals surface area (Å²) < 4.78 is 5.52. The quantitative estimate of drug-likeness (QED) is 0.619. The number of nitrogen functional groups attached to an aromatic ring is 1. The fourth-order valence-electron chi connectivity index (χ4n) is 1.69. The number of nitrogens with two attached hydrogens (primary N) is 1. The highest BCUT2D eigenvalue weighted by atomic mass is 35.5. The third kappa shape index (κ3) is 1.75. The normalized spacial score (nSPS) is 14.3. The van der Waals surface area contributed by atoms with Crippen LogP contribution in [0, 0.1) is 0 Å². The minimum atomic E-state index is 0.397. The Morgan fingerprint density at radius 2 is 2.40 bits per heavy atom. The Morgan fingerprint density at radius 1 is 1.60 bits per heavy atom. The van der Waals surface area contributed by atoms with Crippen molar-refractivity contribution in [2.75, 3.05) is 29.7 Å². The molecular formula is C11H13ClN2O. The molecule has 1 aliphatic heterocycles. The van der Waals surface area contributed by atoms with Crippen molar-refractivity contribution in [1.29, 1.82) is 0 Å². The Hall–Kier alpha value is -1.35. The summed E-state index contributed by atoms with van der Waals surface area (Å²) in [7, 11) is 0. The number of benzene rings is 1. The van der Waals surface area contributed by atoms with E-state index in [0.717, 1.165) is 23.7 Å². The summed E-state index contributed by atoms with van der Waals surface area (Å²) in [6.45, 7) is 5.29. The zero-order valence-corrected chi connectivity index (χ0v) is 9.13. The van der Waals surface area contributed by atoms with Crippen molar-refractivity contribution in [3.8, 4) is 5.75 Å². The van der Waals surface area contributed by atoms with E-state index >= 15 is 0 Å². The zero-order valence-electron chi connectivity index (χ0n) is 8.37. The van der Waals surface area contributed by atoms with Gasteiger partial charge in [0, 0.05) is 5.70 Å². The largest absolute Gasteiger partial charge is 0.489 e. The molecule has 0 atom stereocenters. The van der Waals surface area contributed by atoms with Crippen LogP contribution in [-0.4, -0.2) is 19.0 Å². The average Bonchev–Trinajstić information content (AvgIpc) is 2.28. The summed E-state index contributed by atoms with van der Waals surface area (Å²) in [5, 5.41) is 0. The predicted molar refractivity (Wildman–Crippen MR) is 63.6 cm³/mol. The maximum Gasteiger partial charge on any atom is 0.145 e. The number of halogens is 1. The van der Waals surface area contributed by atoms with Gasteiger partial charge in [-0.05, 0) is 12.1 Å². The van der Waals surface area contributed by atoms with Crippen LogP contribution in [0.1, 0.15) is 0 Å². The summed E-state index contributed by atoms with van der Waals surface area (Å²) in [5.41, 5.74) is 8.34. The molecule has 15 heavy (non-hydrogen) atoms. The monoisotopic (exact) mass is 224 g/mol. The lowest BCUT2D eigenvalue weighted by atomic mass is 10.2. The SMILES string of the molecule is C=C(CCl)N1CCOc2cccc(N)c21. The molecule has 1 aromatic rings. The van der Waals surface area contributed by atoms with Gasteiger partial charge in [0.05, 0.1) is 18.1 Å². The standard InChI is InChI=1S/C11H13ClN2O/c1-8(7-12)14-5-6-15-10-4-2-3-9(13)11(10)14/h2-4H,1,5-7,13H2. The van der Waals surface area contributed by atoms with Gasteiger partial charge in [0.15, 0.2) is 0 Å². The van der Waals surface area contributed by atoms with E-state index in [4.69, 9.17) is 22.1 Å². The van der Waals surface area contributed by atoms with Gasteiger partial charge in [-0.1, -0.05) is 12.6 Å². The summed E-state index contributed by atoms with van der Waals surface area (Å²) >= 11 is 5.78. The Bertz CT molecular complexity index is 392. The number of ether oxygens (including phenoxy) is 1. The number of rotatable bonds is 2. The van der Waals surface area contributed by atoms with Gasteiger partial charge in [-0.25, -0.2) is 0 Å². The first-order chi connectivity index (χ1) is 7.24. The predicted octanol–water partition coefficient (Wildman–Crippen LogP) is 2.22. The Kier molecular flexibility index (Phi) is 2.73. The van der Waals surface area contributed by atoms with Crippen molar-refractivity contribution < 1.29 is 4.74 Å². The van der Waals surface area contributed by atoms with Crippen molar-refractivity contribution in [2.24, 2.45) is 0 Å². The van der Waals surface area contributed by atoms with Gasteiger partial charge < -0.3 is 15.4 Å². The molecule has 2 rings (SSSR count).